The number of aryl methyl sites for hydroxylation is 1. The molecule has 0 amide bonds. The lowest BCUT2D eigenvalue weighted by molar-refractivity contribution is 1.14. The number of aromatic nitrogens is 3. The molecule has 2 heterocycles. The minimum atomic E-state index is 0.673. The van der Waals surface area contributed by atoms with Crippen LogP contribution in [0.3, 0.4) is 0 Å². The maximum atomic E-state index is 4.46. The van der Waals surface area contributed by atoms with Crippen LogP contribution >= 0.6 is 0 Å². The van der Waals surface area contributed by atoms with Crippen molar-refractivity contribution in [2.24, 2.45) is 0 Å². The molecular weight excluding hydrogens is 210 g/mol. The van der Waals surface area contributed by atoms with Crippen LogP contribution in [0.1, 0.15) is 5.69 Å². The predicted molar refractivity (Wildman–Crippen MR) is 67.6 cm³/mol. The molecule has 0 N–H and O–H groups in total. The summed E-state index contributed by atoms with van der Waals surface area (Å²) in [6.07, 6.45) is 5.23. The van der Waals surface area contributed by atoms with Gasteiger partial charge in [0.05, 0.1) is 0 Å². The van der Waals surface area contributed by atoms with Crippen LogP contribution in [0.2, 0.25) is 0 Å². The maximum Gasteiger partial charge on any atom is 0.160 e. The number of hydrogen-bond donors (Lipinski definition) is 0. The summed E-state index contributed by atoms with van der Waals surface area (Å²) in [5.74, 6) is 0.673. The highest BCUT2D eigenvalue weighted by molar-refractivity contribution is 5.52. The van der Waals surface area contributed by atoms with Gasteiger partial charge in [0.2, 0.25) is 0 Å². The van der Waals surface area contributed by atoms with Gasteiger partial charge in [-0.25, -0.2) is 9.97 Å². The molecule has 0 fully saturated rings. The van der Waals surface area contributed by atoms with Gasteiger partial charge in [0, 0.05) is 29.8 Å². The second-order valence-electron chi connectivity index (χ2n) is 3.53. The monoisotopic (exact) mass is 223 g/mol. The second-order valence-corrected chi connectivity index (χ2v) is 3.53. The molecule has 17 heavy (non-hydrogen) atoms. The summed E-state index contributed by atoms with van der Waals surface area (Å²) in [5, 5.41) is 0. The average Bonchev–Trinajstić information content (AvgIpc) is 2.38. The molecule has 2 rings (SSSR count). The minimum absolute atomic E-state index is 0.673. The van der Waals surface area contributed by atoms with Crippen molar-refractivity contribution in [1.82, 2.24) is 15.0 Å². The Kier molecular flexibility index (Phi) is 3.76. The molecule has 3 heteroatoms. The Morgan fingerprint density at radius 3 is 2.59 bits per heavy atom. The SMILES string of the molecule is Cc1ccccccnc(-c2cccnc2)n1. The van der Waals surface area contributed by atoms with E-state index in [0.29, 0.717) is 5.82 Å². The Balaban J connectivity index is 2.58. The van der Waals surface area contributed by atoms with Gasteiger partial charge in [-0.1, -0.05) is 18.2 Å². The van der Waals surface area contributed by atoms with Gasteiger partial charge in [-0.2, -0.15) is 0 Å². The van der Waals surface area contributed by atoms with Gasteiger partial charge in [0.15, 0.2) is 5.82 Å². The zero-order chi connectivity index (χ0) is 11.9. The molecule has 0 aromatic carbocycles. The summed E-state index contributed by atoms with van der Waals surface area (Å²) in [6, 6.07) is 13.5. The van der Waals surface area contributed by atoms with Crippen molar-refractivity contribution in [3.63, 3.8) is 0 Å². The third kappa shape index (κ3) is 3.34. The Bertz CT molecular complexity index is 537. The molecule has 0 spiro atoms. The minimum Gasteiger partial charge on any atom is -0.264 e. The molecule has 0 aliphatic rings. The van der Waals surface area contributed by atoms with Crippen molar-refractivity contribution in [2.75, 3.05) is 0 Å². The van der Waals surface area contributed by atoms with Gasteiger partial charge in [-0.15, -0.1) is 0 Å². The third-order valence-electron chi connectivity index (χ3n) is 2.16. The largest absolute Gasteiger partial charge is 0.264 e. The molecule has 0 atom stereocenters. The summed E-state index contributed by atoms with van der Waals surface area (Å²) < 4.78 is 0. The van der Waals surface area contributed by atoms with E-state index in [0.717, 1.165) is 11.3 Å². The van der Waals surface area contributed by atoms with Crippen LogP contribution in [-0.4, -0.2) is 15.0 Å². The lowest BCUT2D eigenvalue weighted by Gasteiger charge is -1.96. The van der Waals surface area contributed by atoms with E-state index in [1.807, 2.05) is 49.4 Å². The lowest BCUT2D eigenvalue weighted by Crippen LogP contribution is -1.87. The van der Waals surface area contributed by atoms with Gasteiger partial charge in [-0.05, 0) is 31.2 Å². The molecule has 0 bridgehead atoms. The number of rotatable bonds is 1. The summed E-state index contributed by atoms with van der Waals surface area (Å²) in [5.41, 5.74) is 1.82. The molecular formula is C14H13N3. The smallest absolute Gasteiger partial charge is 0.160 e. The van der Waals surface area contributed by atoms with Crippen LogP contribution in [0.25, 0.3) is 11.4 Å². The zero-order valence-corrected chi connectivity index (χ0v) is 9.62. The van der Waals surface area contributed by atoms with Crippen molar-refractivity contribution >= 4 is 0 Å². The first-order chi connectivity index (χ1) is 8.36. The van der Waals surface area contributed by atoms with Crippen molar-refractivity contribution in [1.29, 1.82) is 0 Å². The van der Waals surface area contributed by atoms with Crippen molar-refractivity contribution in [3.8, 4) is 11.4 Å². The van der Waals surface area contributed by atoms with E-state index in [9.17, 15) is 0 Å². The zero-order valence-electron chi connectivity index (χ0n) is 9.62. The van der Waals surface area contributed by atoms with E-state index in [1.54, 1.807) is 18.6 Å². The second kappa shape index (κ2) is 5.70. The summed E-state index contributed by atoms with van der Waals surface area (Å²) in [6.45, 7) is 1.95. The van der Waals surface area contributed by atoms with Crippen LogP contribution in [-0.2, 0) is 0 Å². The highest BCUT2D eigenvalue weighted by atomic mass is 14.9. The van der Waals surface area contributed by atoms with E-state index in [2.05, 4.69) is 15.0 Å². The fourth-order valence-electron chi connectivity index (χ4n) is 1.35. The topological polar surface area (TPSA) is 38.7 Å². The number of nitrogens with zero attached hydrogens (tertiary/aromatic N) is 3. The molecule has 0 aliphatic carbocycles. The van der Waals surface area contributed by atoms with Gasteiger partial charge in [0.25, 0.3) is 0 Å². The van der Waals surface area contributed by atoms with E-state index < -0.39 is 0 Å². The van der Waals surface area contributed by atoms with Crippen LogP contribution < -0.4 is 0 Å². The Labute approximate surface area is 101 Å². The highest BCUT2D eigenvalue weighted by Gasteiger charge is 1.97. The number of pyridine rings is 1. The van der Waals surface area contributed by atoms with Crippen LogP contribution in [0.15, 0.2) is 61.1 Å². The molecule has 2 aromatic rings. The lowest BCUT2D eigenvalue weighted by atomic mass is 10.3. The first-order valence-electron chi connectivity index (χ1n) is 5.39. The maximum absolute atomic E-state index is 4.46. The first kappa shape index (κ1) is 11.2. The molecule has 0 aliphatic heterocycles. The Hall–Kier alpha value is -2.29. The Morgan fingerprint density at radius 1 is 0.882 bits per heavy atom. The summed E-state index contributed by atoms with van der Waals surface area (Å²) in [7, 11) is 0. The molecule has 2 aromatic heterocycles. The first-order valence-corrected chi connectivity index (χ1v) is 5.39. The molecule has 84 valence electrons. The normalized spacial score (nSPS) is 9.47. The highest BCUT2D eigenvalue weighted by Crippen LogP contribution is 2.10. The van der Waals surface area contributed by atoms with E-state index in [4.69, 9.17) is 0 Å². The van der Waals surface area contributed by atoms with E-state index in [-0.39, 0.29) is 0 Å². The molecule has 0 unspecified atom stereocenters. The number of hydrogen-bond acceptors (Lipinski definition) is 3. The molecule has 0 saturated carbocycles. The van der Waals surface area contributed by atoms with Crippen molar-refractivity contribution in [3.05, 3.63) is 66.7 Å². The Morgan fingerprint density at radius 2 is 1.76 bits per heavy atom. The van der Waals surface area contributed by atoms with Gasteiger partial charge < -0.3 is 0 Å². The van der Waals surface area contributed by atoms with Crippen LogP contribution in [0.4, 0.5) is 0 Å². The summed E-state index contributed by atoms with van der Waals surface area (Å²) in [4.78, 5) is 12.9. The predicted octanol–water partition coefficient (Wildman–Crippen LogP) is 2.97. The molecule has 0 saturated heterocycles. The fourth-order valence-corrected chi connectivity index (χ4v) is 1.35. The van der Waals surface area contributed by atoms with E-state index >= 15 is 0 Å². The molecule has 3 nitrogen and oxygen atoms in total. The van der Waals surface area contributed by atoms with Crippen LogP contribution in [0, 0.1) is 6.92 Å². The van der Waals surface area contributed by atoms with Crippen LogP contribution in [0.5, 0.6) is 0 Å². The standard InChI is InChI=1S/C14H13N3/c1-12-7-4-2-3-5-10-16-14(17-12)13-8-6-9-15-11-13/h2-11H,1H3. The van der Waals surface area contributed by atoms with Gasteiger partial charge in [-0.3, -0.25) is 4.98 Å². The fraction of sp³-hybridized carbons (Fsp3) is 0.0714. The third-order valence-corrected chi connectivity index (χ3v) is 2.16. The average molecular weight is 223 g/mol. The summed E-state index contributed by atoms with van der Waals surface area (Å²) >= 11 is 0. The quantitative estimate of drug-likeness (QED) is 0.746. The molecule has 0 radical (unpaired) electrons. The van der Waals surface area contributed by atoms with Gasteiger partial charge in [0.1, 0.15) is 0 Å². The van der Waals surface area contributed by atoms with E-state index in [1.165, 1.54) is 0 Å². The van der Waals surface area contributed by atoms with Crippen molar-refractivity contribution in [2.45, 2.75) is 6.92 Å². The van der Waals surface area contributed by atoms with Crippen molar-refractivity contribution < 1.29 is 0 Å². The van der Waals surface area contributed by atoms with Gasteiger partial charge >= 0.3 is 0 Å².